The predicted molar refractivity (Wildman–Crippen MR) is 115 cm³/mol. The topological polar surface area (TPSA) is 72.5 Å². The normalized spacial score (nSPS) is 17.8. The number of carbonyl (C=O) groups excluding carboxylic acids is 3. The van der Waals surface area contributed by atoms with E-state index in [9.17, 15) is 14.4 Å². The minimum Gasteiger partial charge on any atom is -0.432 e. The first-order chi connectivity index (χ1) is 14.1. The molecule has 0 fully saturated rings. The van der Waals surface area contributed by atoms with Crippen molar-refractivity contribution in [2.24, 2.45) is 0 Å². The Morgan fingerprint density at radius 3 is 2.30 bits per heavy atom. The van der Waals surface area contributed by atoms with E-state index in [1.807, 2.05) is 12.1 Å². The Kier molecular flexibility index (Phi) is 4.66. The highest BCUT2D eigenvalue weighted by Gasteiger charge is 2.57. The number of carbonyl (C=O) groups is 3. The van der Waals surface area contributed by atoms with Crippen molar-refractivity contribution in [1.82, 2.24) is 5.32 Å². The van der Waals surface area contributed by atoms with Crippen LogP contribution in [0.3, 0.4) is 0 Å². The third-order valence-corrected chi connectivity index (χ3v) is 5.33. The zero-order valence-corrected chi connectivity index (χ0v) is 17.5. The van der Waals surface area contributed by atoms with Gasteiger partial charge in [0.2, 0.25) is 5.78 Å². The quantitative estimate of drug-likeness (QED) is 0.493. The fourth-order valence-electron chi connectivity index (χ4n) is 3.76. The number of nitrogens with one attached hydrogen (secondary N) is 1. The Morgan fingerprint density at radius 2 is 1.63 bits per heavy atom. The molecule has 0 heterocycles. The third kappa shape index (κ3) is 3.06. The summed E-state index contributed by atoms with van der Waals surface area (Å²) in [6, 6.07) is 16.8. The zero-order valence-electron chi connectivity index (χ0n) is 16.8. The van der Waals surface area contributed by atoms with E-state index in [2.05, 4.69) is 5.32 Å². The standard InChI is InChI=1S/C24H20ClNO4/c1-23(2,3)26-22(29)24(30-21(28)15-10-4-5-13-18(15)25)17-12-7-9-14-8-6-11-16(19(14)17)20(24)27/h4-13H,1-3H3,(H,26,29). The molecule has 6 heteroatoms. The number of rotatable bonds is 3. The average molecular weight is 422 g/mol. The van der Waals surface area contributed by atoms with E-state index in [-0.39, 0.29) is 10.6 Å². The summed E-state index contributed by atoms with van der Waals surface area (Å²) in [6.45, 7) is 5.38. The van der Waals surface area contributed by atoms with Gasteiger partial charge in [-0.1, -0.05) is 60.1 Å². The first kappa shape index (κ1) is 20.1. The van der Waals surface area contributed by atoms with Gasteiger partial charge >= 0.3 is 5.97 Å². The number of amides is 1. The van der Waals surface area contributed by atoms with E-state index in [1.165, 1.54) is 6.07 Å². The van der Waals surface area contributed by atoms with Crippen LogP contribution < -0.4 is 5.32 Å². The van der Waals surface area contributed by atoms with Crippen LogP contribution in [-0.4, -0.2) is 23.2 Å². The molecule has 1 unspecified atom stereocenters. The number of halogens is 1. The van der Waals surface area contributed by atoms with Crippen molar-refractivity contribution < 1.29 is 19.1 Å². The largest absolute Gasteiger partial charge is 0.432 e. The van der Waals surface area contributed by atoms with Gasteiger partial charge in [0.15, 0.2) is 0 Å². The van der Waals surface area contributed by atoms with Gasteiger partial charge in [-0.15, -0.1) is 0 Å². The van der Waals surface area contributed by atoms with Crippen molar-refractivity contribution >= 4 is 40.0 Å². The summed E-state index contributed by atoms with van der Waals surface area (Å²) in [5.41, 5.74) is -2.00. The van der Waals surface area contributed by atoms with Crippen molar-refractivity contribution in [2.75, 3.05) is 0 Å². The lowest BCUT2D eigenvalue weighted by Gasteiger charge is -2.31. The van der Waals surface area contributed by atoms with Crippen LogP contribution in [0.25, 0.3) is 10.8 Å². The second-order valence-electron chi connectivity index (χ2n) is 8.29. The summed E-state index contributed by atoms with van der Waals surface area (Å²) in [6.07, 6.45) is 0. The summed E-state index contributed by atoms with van der Waals surface area (Å²) >= 11 is 6.16. The van der Waals surface area contributed by atoms with Crippen LogP contribution in [0, 0.1) is 0 Å². The van der Waals surface area contributed by atoms with E-state index in [1.54, 1.807) is 63.2 Å². The molecule has 3 aromatic rings. The predicted octanol–water partition coefficient (Wildman–Crippen LogP) is 4.66. The lowest BCUT2D eigenvalue weighted by molar-refractivity contribution is -0.138. The van der Waals surface area contributed by atoms with E-state index >= 15 is 0 Å². The maximum absolute atomic E-state index is 13.6. The first-order valence-electron chi connectivity index (χ1n) is 9.52. The van der Waals surface area contributed by atoms with Gasteiger partial charge in [0.05, 0.1) is 10.6 Å². The van der Waals surface area contributed by atoms with Gasteiger partial charge in [-0.25, -0.2) is 4.79 Å². The second-order valence-corrected chi connectivity index (χ2v) is 8.70. The minimum absolute atomic E-state index is 0.0815. The van der Waals surface area contributed by atoms with Crippen LogP contribution in [0.4, 0.5) is 0 Å². The number of Topliss-reactive ketones (excluding diaryl/α,β-unsaturated/α-hetero) is 1. The molecule has 0 saturated heterocycles. The molecule has 1 amide bonds. The Hall–Kier alpha value is -3.18. The van der Waals surface area contributed by atoms with E-state index in [0.717, 1.165) is 5.39 Å². The maximum Gasteiger partial charge on any atom is 0.341 e. The smallest absolute Gasteiger partial charge is 0.341 e. The molecule has 1 atom stereocenters. The highest BCUT2D eigenvalue weighted by Crippen LogP contribution is 2.44. The molecule has 4 rings (SSSR count). The molecule has 0 saturated carbocycles. The first-order valence-corrected chi connectivity index (χ1v) is 9.90. The lowest BCUT2D eigenvalue weighted by atomic mass is 9.90. The molecule has 0 spiro atoms. The fourth-order valence-corrected chi connectivity index (χ4v) is 3.97. The number of benzene rings is 3. The summed E-state index contributed by atoms with van der Waals surface area (Å²) in [4.78, 5) is 40.2. The Labute approximate surface area is 179 Å². The van der Waals surface area contributed by atoms with Crippen molar-refractivity contribution in [3.05, 3.63) is 82.4 Å². The van der Waals surface area contributed by atoms with Gasteiger partial charge in [0, 0.05) is 22.1 Å². The Morgan fingerprint density at radius 1 is 0.967 bits per heavy atom. The van der Waals surface area contributed by atoms with Gasteiger partial charge < -0.3 is 10.1 Å². The number of ketones is 1. The van der Waals surface area contributed by atoms with E-state index in [4.69, 9.17) is 16.3 Å². The van der Waals surface area contributed by atoms with Gasteiger partial charge in [-0.2, -0.15) is 0 Å². The molecule has 152 valence electrons. The van der Waals surface area contributed by atoms with Gasteiger partial charge in [-0.3, -0.25) is 9.59 Å². The van der Waals surface area contributed by atoms with Crippen LogP contribution in [0.5, 0.6) is 0 Å². The molecule has 0 aromatic heterocycles. The molecule has 1 aliphatic rings. The summed E-state index contributed by atoms with van der Waals surface area (Å²) in [5, 5.41) is 4.39. The molecule has 0 aliphatic heterocycles. The van der Waals surface area contributed by atoms with Crippen LogP contribution in [0.15, 0.2) is 60.7 Å². The van der Waals surface area contributed by atoms with Crippen LogP contribution in [0.2, 0.25) is 5.02 Å². The fraction of sp³-hybridized carbons (Fsp3) is 0.208. The number of ether oxygens (including phenoxy) is 1. The zero-order chi connectivity index (χ0) is 21.7. The van der Waals surface area contributed by atoms with Gasteiger partial charge in [-0.05, 0) is 38.3 Å². The Balaban J connectivity index is 1.92. The molecule has 0 radical (unpaired) electrons. The van der Waals surface area contributed by atoms with Crippen molar-refractivity contribution in [1.29, 1.82) is 0 Å². The molecule has 1 aliphatic carbocycles. The van der Waals surface area contributed by atoms with Crippen molar-refractivity contribution in [3.8, 4) is 0 Å². The van der Waals surface area contributed by atoms with E-state index in [0.29, 0.717) is 16.5 Å². The molecule has 1 N–H and O–H groups in total. The third-order valence-electron chi connectivity index (χ3n) is 5.00. The summed E-state index contributed by atoms with van der Waals surface area (Å²) in [5.74, 6) is -2.11. The SMILES string of the molecule is CC(C)(C)NC(=O)C1(OC(=O)c2ccccc2Cl)C(=O)c2cccc3cccc1c23. The van der Waals surface area contributed by atoms with E-state index < -0.39 is 28.8 Å². The second kappa shape index (κ2) is 6.96. The van der Waals surface area contributed by atoms with Crippen molar-refractivity contribution in [3.63, 3.8) is 0 Å². The summed E-state index contributed by atoms with van der Waals surface area (Å²) in [7, 11) is 0. The molecule has 0 bridgehead atoms. The van der Waals surface area contributed by atoms with Crippen molar-refractivity contribution in [2.45, 2.75) is 31.9 Å². The number of hydrogen-bond acceptors (Lipinski definition) is 4. The average Bonchev–Trinajstić information content (AvgIpc) is 2.93. The molecule has 3 aromatic carbocycles. The van der Waals surface area contributed by atoms with Gasteiger partial charge in [0.1, 0.15) is 0 Å². The van der Waals surface area contributed by atoms with Gasteiger partial charge in [0.25, 0.3) is 11.5 Å². The summed E-state index contributed by atoms with van der Waals surface area (Å²) < 4.78 is 5.77. The highest BCUT2D eigenvalue weighted by molar-refractivity contribution is 6.34. The molecule has 5 nitrogen and oxygen atoms in total. The lowest BCUT2D eigenvalue weighted by Crippen LogP contribution is -2.55. The minimum atomic E-state index is -2.13. The van der Waals surface area contributed by atoms with Crippen LogP contribution in [0.1, 0.15) is 47.1 Å². The monoisotopic (exact) mass is 421 g/mol. The van der Waals surface area contributed by atoms with Crippen LogP contribution >= 0.6 is 11.6 Å². The highest BCUT2D eigenvalue weighted by atomic mass is 35.5. The Bertz CT molecular complexity index is 1210. The molecule has 30 heavy (non-hydrogen) atoms. The molecular formula is C24H20ClNO4. The van der Waals surface area contributed by atoms with Crippen LogP contribution in [-0.2, 0) is 15.1 Å². The maximum atomic E-state index is 13.6. The number of esters is 1. The number of hydrogen-bond donors (Lipinski definition) is 1. The molecular weight excluding hydrogens is 402 g/mol.